The van der Waals surface area contributed by atoms with Gasteiger partial charge < -0.3 is 9.47 Å². The van der Waals surface area contributed by atoms with Crippen LogP contribution in [0.25, 0.3) is 10.2 Å². The largest absolute Gasteiger partial charge is 0.484 e. The van der Waals surface area contributed by atoms with Crippen LogP contribution in [-0.4, -0.2) is 48.7 Å². The van der Waals surface area contributed by atoms with Crippen LogP contribution in [-0.2, 0) is 22.5 Å². The second-order valence-electron chi connectivity index (χ2n) is 7.44. The predicted molar refractivity (Wildman–Crippen MR) is 120 cm³/mol. The molecule has 2 heterocycles. The van der Waals surface area contributed by atoms with Crippen LogP contribution in [0.15, 0.2) is 42.5 Å². The van der Waals surface area contributed by atoms with E-state index in [1.165, 1.54) is 22.5 Å². The quantitative estimate of drug-likeness (QED) is 0.589. The maximum absolute atomic E-state index is 12.3. The predicted octanol–water partition coefficient (Wildman–Crippen LogP) is 4.10. The van der Waals surface area contributed by atoms with Gasteiger partial charge in [-0.15, -0.1) is 0 Å². The molecule has 1 N–H and O–H groups in total. The van der Waals surface area contributed by atoms with E-state index in [1.807, 2.05) is 30.3 Å². The van der Waals surface area contributed by atoms with E-state index in [-0.39, 0.29) is 12.5 Å². The Morgan fingerprint density at radius 3 is 2.70 bits per heavy atom. The van der Waals surface area contributed by atoms with E-state index < -0.39 is 0 Å². The topological polar surface area (TPSA) is 63.7 Å². The molecule has 0 unspecified atom stereocenters. The zero-order chi connectivity index (χ0) is 20.8. The van der Waals surface area contributed by atoms with Gasteiger partial charge in [0.15, 0.2) is 11.7 Å². The smallest absolute Gasteiger partial charge is 0.264 e. The van der Waals surface area contributed by atoms with Crippen LogP contribution < -0.4 is 10.1 Å². The van der Waals surface area contributed by atoms with Crippen molar-refractivity contribution in [3.05, 3.63) is 53.6 Å². The molecule has 0 aliphatic carbocycles. The summed E-state index contributed by atoms with van der Waals surface area (Å²) < 4.78 is 12.1. The summed E-state index contributed by atoms with van der Waals surface area (Å²) in [7, 11) is 0. The van der Waals surface area contributed by atoms with Gasteiger partial charge in [-0.1, -0.05) is 42.9 Å². The molecule has 1 aromatic heterocycles. The lowest BCUT2D eigenvalue weighted by Crippen LogP contribution is -2.35. The number of thiazole rings is 1. The van der Waals surface area contributed by atoms with Gasteiger partial charge in [0, 0.05) is 19.6 Å². The number of anilines is 1. The van der Waals surface area contributed by atoms with Gasteiger partial charge in [0.2, 0.25) is 0 Å². The molecule has 1 saturated heterocycles. The second-order valence-corrected chi connectivity index (χ2v) is 8.47. The Balaban J connectivity index is 1.32. The van der Waals surface area contributed by atoms with Gasteiger partial charge in [0.25, 0.3) is 5.91 Å². The number of amides is 1. The number of hydrogen-bond acceptors (Lipinski definition) is 6. The average molecular weight is 426 g/mol. The van der Waals surface area contributed by atoms with E-state index in [2.05, 4.69) is 34.3 Å². The summed E-state index contributed by atoms with van der Waals surface area (Å²) in [5.74, 6) is 0.488. The number of benzene rings is 2. The third-order valence-electron chi connectivity index (χ3n) is 5.04. The first kappa shape index (κ1) is 20.8. The number of fused-ring (bicyclic) bond motifs is 1. The number of carbonyl (C=O) groups excluding carboxylic acids is 1. The van der Waals surface area contributed by atoms with Crippen LogP contribution in [0.2, 0.25) is 0 Å². The number of ether oxygens (including phenoxy) is 2. The van der Waals surface area contributed by atoms with E-state index in [9.17, 15) is 4.79 Å². The van der Waals surface area contributed by atoms with Gasteiger partial charge in [-0.3, -0.25) is 15.0 Å². The fraction of sp³-hybridized carbons (Fsp3) is 0.391. The number of morpholine rings is 1. The second kappa shape index (κ2) is 10.0. The van der Waals surface area contributed by atoms with E-state index >= 15 is 0 Å². The minimum atomic E-state index is -0.208. The number of carbonyl (C=O) groups is 1. The summed E-state index contributed by atoms with van der Waals surface area (Å²) in [5, 5.41) is 3.45. The Labute approximate surface area is 180 Å². The molecule has 1 amide bonds. The van der Waals surface area contributed by atoms with E-state index in [1.54, 1.807) is 0 Å². The SMILES string of the molecule is CCCc1ccc(OCC(=O)Nc2nc3ccc(CN4CCOCC4)cc3s2)cc1. The van der Waals surface area contributed by atoms with Crippen molar-refractivity contribution in [2.45, 2.75) is 26.3 Å². The molecule has 2 aromatic carbocycles. The van der Waals surface area contributed by atoms with Crippen LogP contribution in [0.1, 0.15) is 24.5 Å². The van der Waals surface area contributed by atoms with Crippen LogP contribution in [0.3, 0.4) is 0 Å². The van der Waals surface area contributed by atoms with Crippen molar-refractivity contribution in [3.63, 3.8) is 0 Å². The molecule has 1 aliphatic rings. The molecular formula is C23H27N3O3S. The highest BCUT2D eigenvalue weighted by Crippen LogP contribution is 2.27. The molecular weight excluding hydrogens is 398 g/mol. The molecule has 7 heteroatoms. The molecule has 0 atom stereocenters. The van der Waals surface area contributed by atoms with Crippen molar-refractivity contribution in [2.75, 3.05) is 38.2 Å². The van der Waals surface area contributed by atoms with Gasteiger partial charge in [0.05, 0.1) is 23.4 Å². The number of rotatable bonds is 8. The number of nitrogens with one attached hydrogen (secondary N) is 1. The van der Waals surface area contributed by atoms with Gasteiger partial charge in [-0.25, -0.2) is 4.98 Å². The van der Waals surface area contributed by atoms with Gasteiger partial charge in [-0.05, 0) is 41.8 Å². The molecule has 3 aromatic rings. The third kappa shape index (κ3) is 5.56. The molecule has 4 rings (SSSR count). The highest BCUT2D eigenvalue weighted by Gasteiger charge is 2.13. The summed E-state index contributed by atoms with van der Waals surface area (Å²) >= 11 is 1.49. The lowest BCUT2D eigenvalue weighted by Gasteiger charge is -2.26. The molecule has 30 heavy (non-hydrogen) atoms. The van der Waals surface area contributed by atoms with Crippen molar-refractivity contribution in [3.8, 4) is 5.75 Å². The van der Waals surface area contributed by atoms with Gasteiger partial charge >= 0.3 is 0 Å². The standard InChI is InChI=1S/C23H27N3O3S/c1-2-3-17-4-7-19(8-5-17)29-16-22(27)25-23-24-20-9-6-18(14-21(20)30-23)15-26-10-12-28-13-11-26/h4-9,14H,2-3,10-13,15-16H2,1H3,(H,24,25,27). The fourth-order valence-electron chi connectivity index (χ4n) is 3.48. The molecule has 0 bridgehead atoms. The monoisotopic (exact) mass is 425 g/mol. The first-order valence-corrected chi connectivity index (χ1v) is 11.2. The van der Waals surface area contributed by atoms with Crippen molar-refractivity contribution in [1.82, 2.24) is 9.88 Å². The first-order valence-electron chi connectivity index (χ1n) is 10.4. The summed E-state index contributed by atoms with van der Waals surface area (Å²) in [4.78, 5) is 19.2. The van der Waals surface area contributed by atoms with Crippen molar-refractivity contribution < 1.29 is 14.3 Å². The molecule has 158 valence electrons. The number of hydrogen-bond donors (Lipinski definition) is 1. The third-order valence-corrected chi connectivity index (χ3v) is 5.97. The zero-order valence-corrected chi connectivity index (χ0v) is 18.0. The van der Waals surface area contributed by atoms with Gasteiger partial charge in [0.1, 0.15) is 5.75 Å². The Bertz CT molecular complexity index is 981. The molecule has 0 spiro atoms. The van der Waals surface area contributed by atoms with Crippen LogP contribution in [0.4, 0.5) is 5.13 Å². The Hall–Kier alpha value is -2.48. The molecule has 6 nitrogen and oxygen atoms in total. The van der Waals surface area contributed by atoms with E-state index in [4.69, 9.17) is 9.47 Å². The number of aryl methyl sites for hydroxylation is 1. The first-order chi connectivity index (χ1) is 14.7. The van der Waals surface area contributed by atoms with Gasteiger partial charge in [-0.2, -0.15) is 0 Å². The van der Waals surface area contributed by atoms with Crippen molar-refractivity contribution >= 4 is 32.6 Å². The van der Waals surface area contributed by atoms with Crippen LogP contribution >= 0.6 is 11.3 Å². The van der Waals surface area contributed by atoms with Crippen molar-refractivity contribution in [1.29, 1.82) is 0 Å². The summed E-state index contributed by atoms with van der Waals surface area (Å²) in [6.07, 6.45) is 2.16. The minimum absolute atomic E-state index is 0.0364. The van der Waals surface area contributed by atoms with E-state index in [0.29, 0.717) is 10.9 Å². The highest BCUT2D eigenvalue weighted by atomic mass is 32.1. The normalized spacial score (nSPS) is 14.7. The lowest BCUT2D eigenvalue weighted by molar-refractivity contribution is -0.118. The van der Waals surface area contributed by atoms with E-state index in [0.717, 1.165) is 55.9 Å². The molecule has 1 aliphatic heterocycles. The Kier molecular flexibility index (Phi) is 6.94. The zero-order valence-electron chi connectivity index (χ0n) is 17.2. The average Bonchev–Trinajstić information content (AvgIpc) is 3.15. The van der Waals surface area contributed by atoms with Crippen molar-refractivity contribution in [2.24, 2.45) is 0 Å². The molecule has 0 radical (unpaired) electrons. The maximum Gasteiger partial charge on any atom is 0.264 e. The number of nitrogens with zero attached hydrogens (tertiary/aromatic N) is 2. The Morgan fingerprint density at radius 2 is 1.93 bits per heavy atom. The minimum Gasteiger partial charge on any atom is -0.484 e. The lowest BCUT2D eigenvalue weighted by atomic mass is 10.1. The Morgan fingerprint density at radius 1 is 1.17 bits per heavy atom. The molecule has 1 fully saturated rings. The highest BCUT2D eigenvalue weighted by molar-refractivity contribution is 7.22. The van der Waals surface area contributed by atoms with Crippen LogP contribution in [0.5, 0.6) is 5.75 Å². The summed E-state index contributed by atoms with van der Waals surface area (Å²) in [6, 6.07) is 14.2. The summed E-state index contributed by atoms with van der Waals surface area (Å²) in [6.45, 7) is 6.54. The van der Waals surface area contributed by atoms with Crippen LogP contribution in [0, 0.1) is 0 Å². The maximum atomic E-state index is 12.3. The number of aromatic nitrogens is 1. The molecule has 0 saturated carbocycles. The summed E-state index contributed by atoms with van der Waals surface area (Å²) in [5.41, 5.74) is 3.42. The fourth-order valence-corrected chi connectivity index (χ4v) is 4.43.